The van der Waals surface area contributed by atoms with Gasteiger partial charge in [0.05, 0.1) is 13.2 Å². The van der Waals surface area contributed by atoms with E-state index in [4.69, 9.17) is 4.74 Å². The molecule has 1 rings (SSSR count). The van der Waals surface area contributed by atoms with E-state index in [0.717, 1.165) is 26.3 Å². The Kier molecular flexibility index (Phi) is 5.90. The van der Waals surface area contributed by atoms with Crippen molar-refractivity contribution < 1.29 is 4.74 Å². The number of morpholine rings is 1. The molecule has 0 amide bonds. The van der Waals surface area contributed by atoms with Crippen LogP contribution in [-0.4, -0.2) is 48.8 Å². The van der Waals surface area contributed by atoms with Crippen LogP contribution in [0.25, 0.3) is 0 Å². The van der Waals surface area contributed by atoms with Crippen molar-refractivity contribution >= 4 is 0 Å². The molecule has 0 spiro atoms. The Balaban J connectivity index is 2.17. The molecule has 102 valence electrons. The van der Waals surface area contributed by atoms with Gasteiger partial charge in [0.2, 0.25) is 0 Å². The third-order valence-electron chi connectivity index (χ3n) is 3.44. The van der Waals surface area contributed by atoms with E-state index in [-0.39, 0.29) is 5.54 Å². The fourth-order valence-corrected chi connectivity index (χ4v) is 2.42. The SMILES string of the molecule is CC(CCCNC(C)(C)C)N1CCOCC1C. The Morgan fingerprint density at radius 2 is 2.12 bits per heavy atom. The summed E-state index contributed by atoms with van der Waals surface area (Å²) in [6.07, 6.45) is 2.52. The molecule has 1 N–H and O–H groups in total. The quantitative estimate of drug-likeness (QED) is 0.749. The van der Waals surface area contributed by atoms with Crippen molar-refractivity contribution in [3.63, 3.8) is 0 Å². The van der Waals surface area contributed by atoms with E-state index < -0.39 is 0 Å². The molecular formula is C14H30N2O. The van der Waals surface area contributed by atoms with Gasteiger partial charge in [-0.15, -0.1) is 0 Å². The molecule has 0 radical (unpaired) electrons. The molecular weight excluding hydrogens is 212 g/mol. The van der Waals surface area contributed by atoms with Gasteiger partial charge in [0, 0.05) is 24.2 Å². The van der Waals surface area contributed by atoms with Crippen LogP contribution < -0.4 is 5.32 Å². The zero-order valence-electron chi connectivity index (χ0n) is 12.3. The fraction of sp³-hybridized carbons (Fsp3) is 1.00. The maximum absolute atomic E-state index is 5.48. The van der Waals surface area contributed by atoms with Crippen LogP contribution in [0, 0.1) is 0 Å². The lowest BCUT2D eigenvalue weighted by atomic mass is 10.1. The van der Waals surface area contributed by atoms with E-state index >= 15 is 0 Å². The minimum Gasteiger partial charge on any atom is -0.379 e. The highest BCUT2D eigenvalue weighted by atomic mass is 16.5. The monoisotopic (exact) mass is 242 g/mol. The van der Waals surface area contributed by atoms with Crippen LogP contribution >= 0.6 is 0 Å². The topological polar surface area (TPSA) is 24.5 Å². The standard InChI is InChI=1S/C14H30N2O/c1-12(7-6-8-15-14(3,4)5)16-9-10-17-11-13(16)2/h12-13,15H,6-11H2,1-5H3. The lowest BCUT2D eigenvalue weighted by Gasteiger charge is -2.38. The lowest BCUT2D eigenvalue weighted by molar-refractivity contribution is -0.0202. The molecule has 1 heterocycles. The Morgan fingerprint density at radius 1 is 1.41 bits per heavy atom. The maximum atomic E-state index is 5.48. The molecule has 17 heavy (non-hydrogen) atoms. The van der Waals surface area contributed by atoms with Gasteiger partial charge in [0.15, 0.2) is 0 Å². The van der Waals surface area contributed by atoms with Gasteiger partial charge in [0.25, 0.3) is 0 Å². The summed E-state index contributed by atoms with van der Waals surface area (Å²) in [5.74, 6) is 0. The predicted molar refractivity (Wildman–Crippen MR) is 73.4 cm³/mol. The van der Waals surface area contributed by atoms with Gasteiger partial charge >= 0.3 is 0 Å². The number of nitrogens with one attached hydrogen (secondary N) is 1. The molecule has 1 fully saturated rings. The Bertz CT molecular complexity index is 213. The maximum Gasteiger partial charge on any atom is 0.0619 e. The van der Waals surface area contributed by atoms with Crippen molar-refractivity contribution in [3.05, 3.63) is 0 Å². The van der Waals surface area contributed by atoms with Gasteiger partial charge in [0.1, 0.15) is 0 Å². The minimum absolute atomic E-state index is 0.246. The Labute approximate surface area is 107 Å². The summed E-state index contributed by atoms with van der Waals surface area (Å²) < 4.78 is 5.48. The van der Waals surface area contributed by atoms with Crippen molar-refractivity contribution in [2.75, 3.05) is 26.3 Å². The number of ether oxygens (including phenoxy) is 1. The minimum atomic E-state index is 0.246. The molecule has 3 heteroatoms. The Hall–Kier alpha value is -0.120. The van der Waals surface area contributed by atoms with Crippen molar-refractivity contribution in [2.24, 2.45) is 0 Å². The highest BCUT2D eigenvalue weighted by Gasteiger charge is 2.23. The first-order valence-corrected chi connectivity index (χ1v) is 6.98. The summed E-state index contributed by atoms with van der Waals surface area (Å²) >= 11 is 0. The molecule has 0 aromatic carbocycles. The van der Waals surface area contributed by atoms with Crippen LogP contribution in [-0.2, 0) is 4.74 Å². The van der Waals surface area contributed by atoms with Gasteiger partial charge in [-0.2, -0.15) is 0 Å². The number of rotatable bonds is 5. The number of hydrogen-bond acceptors (Lipinski definition) is 3. The zero-order chi connectivity index (χ0) is 12.9. The van der Waals surface area contributed by atoms with Gasteiger partial charge in [-0.25, -0.2) is 0 Å². The highest BCUT2D eigenvalue weighted by Crippen LogP contribution is 2.14. The van der Waals surface area contributed by atoms with Crippen molar-refractivity contribution in [2.45, 2.75) is 65.1 Å². The largest absolute Gasteiger partial charge is 0.379 e. The van der Waals surface area contributed by atoms with E-state index in [0.29, 0.717) is 12.1 Å². The van der Waals surface area contributed by atoms with E-state index in [9.17, 15) is 0 Å². The molecule has 0 aromatic heterocycles. The van der Waals surface area contributed by atoms with Crippen molar-refractivity contribution in [1.82, 2.24) is 10.2 Å². The molecule has 3 nitrogen and oxygen atoms in total. The van der Waals surface area contributed by atoms with Crippen LogP contribution in [0.5, 0.6) is 0 Å². The average Bonchev–Trinajstić information content (AvgIpc) is 2.23. The van der Waals surface area contributed by atoms with E-state index in [1.807, 2.05) is 0 Å². The van der Waals surface area contributed by atoms with Crippen LogP contribution in [0.1, 0.15) is 47.5 Å². The summed E-state index contributed by atoms with van der Waals surface area (Å²) in [6.45, 7) is 15.3. The normalized spacial score (nSPS) is 24.9. The molecule has 1 aliphatic heterocycles. The van der Waals surface area contributed by atoms with Gasteiger partial charge in [-0.3, -0.25) is 4.90 Å². The van der Waals surface area contributed by atoms with Crippen LogP contribution in [0.15, 0.2) is 0 Å². The van der Waals surface area contributed by atoms with Crippen LogP contribution in [0.4, 0.5) is 0 Å². The molecule has 0 aliphatic carbocycles. The van der Waals surface area contributed by atoms with E-state index in [1.165, 1.54) is 12.8 Å². The summed E-state index contributed by atoms with van der Waals surface area (Å²) in [5, 5.41) is 3.55. The molecule has 1 saturated heterocycles. The lowest BCUT2D eigenvalue weighted by Crippen LogP contribution is -2.48. The first-order chi connectivity index (χ1) is 7.90. The van der Waals surface area contributed by atoms with Crippen LogP contribution in [0.2, 0.25) is 0 Å². The third kappa shape index (κ3) is 5.84. The number of nitrogens with zero attached hydrogens (tertiary/aromatic N) is 1. The van der Waals surface area contributed by atoms with E-state index in [2.05, 4.69) is 44.8 Å². The predicted octanol–water partition coefficient (Wildman–Crippen LogP) is 2.26. The molecule has 0 aromatic rings. The van der Waals surface area contributed by atoms with Gasteiger partial charge in [-0.05, 0) is 54.0 Å². The fourth-order valence-electron chi connectivity index (χ4n) is 2.42. The number of hydrogen-bond donors (Lipinski definition) is 1. The van der Waals surface area contributed by atoms with Crippen molar-refractivity contribution in [1.29, 1.82) is 0 Å². The molecule has 1 aliphatic rings. The molecule has 2 unspecified atom stereocenters. The molecule has 2 atom stereocenters. The molecule has 0 bridgehead atoms. The first kappa shape index (κ1) is 14.9. The summed E-state index contributed by atoms with van der Waals surface area (Å²) in [6, 6.07) is 1.25. The second kappa shape index (κ2) is 6.72. The average molecular weight is 242 g/mol. The van der Waals surface area contributed by atoms with Crippen LogP contribution in [0.3, 0.4) is 0 Å². The second-order valence-electron chi connectivity index (χ2n) is 6.33. The van der Waals surface area contributed by atoms with Gasteiger partial charge in [-0.1, -0.05) is 0 Å². The highest BCUT2D eigenvalue weighted by molar-refractivity contribution is 4.77. The van der Waals surface area contributed by atoms with Crippen molar-refractivity contribution in [3.8, 4) is 0 Å². The smallest absolute Gasteiger partial charge is 0.0619 e. The summed E-state index contributed by atoms with van der Waals surface area (Å²) in [4.78, 5) is 2.58. The molecule has 0 saturated carbocycles. The summed E-state index contributed by atoms with van der Waals surface area (Å²) in [7, 11) is 0. The van der Waals surface area contributed by atoms with E-state index in [1.54, 1.807) is 0 Å². The van der Waals surface area contributed by atoms with Gasteiger partial charge < -0.3 is 10.1 Å². The Morgan fingerprint density at radius 3 is 2.71 bits per heavy atom. The first-order valence-electron chi connectivity index (χ1n) is 6.98. The zero-order valence-corrected chi connectivity index (χ0v) is 12.3. The third-order valence-corrected chi connectivity index (χ3v) is 3.44. The summed E-state index contributed by atoms with van der Waals surface area (Å²) in [5.41, 5.74) is 0.246. The second-order valence-corrected chi connectivity index (χ2v) is 6.33.